The highest BCUT2D eigenvalue weighted by Gasteiger charge is 2.33. The van der Waals surface area contributed by atoms with Crippen molar-refractivity contribution in [3.05, 3.63) is 11.6 Å². The van der Waals surface area contributed by atoms with E-state index < -0.39 is 0 Å². The van der Waals surface area contributed by atoms with Gasteiger partial charge in [0.1, 0.15) is 11.6 Å². The van der Waals surface area contributed by atoms with Crippen LogP contribution in [0.2, 0.25) is 0 Å². The monoisotopic (exact) mass is 264 g/mol. The Bertz CT molecular complexity index is 443. The van der Waals surface area contributed by atoms with E-state index in [1.54, 1.807) is 0 Å². The van der Waals surface area contributed by atoms with Crippen molar-refractivity contribution in [2.45, 2.75) is 58.2 Å². The van der Waals surface area contributed by atoms with Crippen LogP contribution in [0.25, 0.3) is 0 Å². The molecule has 1 fully saturated rings. The molecule has 1 N–H and O–H groups in total. The third-order valence-electron chi connectivity index (χ3n) is 4.59. The van der Waals surface area contributed by atoms with Crippen LogP contribution >= 0.6 is 0 Å². The molecule has 1 aromatic heterocycles. The highest BCUT2D eigenvalue weighted by Crippen LogP contribution is 2.34. The van der Waals surface area contributed by atoms with Crippen molar-refractivity contribution in [2.24, 2.45) is 5.92 Å². The van der Waals surface area contributed by atoms with Crippen molar-refractivity contribution in [2.75, 3.05) is 13.2 Å². The number of hydrogen-bond donors (Lipinski definition) is 1. The topological polar surface area (TPSA) is 54.2 Å². The summed E-state index contributed by atoms with van der Waals surface area (Å²) in [6, 6.07) is 0.969. The van der Waals surface area contributed by atoms with Crippen LogP contribution in [0.1, 0.15) is 50.8 Å². The number of aryl methyl sites for hydroxylation is 1. The first-order valence-electron chi connectivity index (χ1n) is 7.49. The van der Waals surface area contributed by atoms with E-state index in [4.69, 9.17) is 0 Å². The summed E-state index contributed by atoms with van der Waals surface area (Å²) < 4.78 is 2.27. The van der Waals surface area contributed by atoms with Gasteiger partial charge in [-0.3, -0.25) is 4.90 Å². The van der Waals surface area contributed by atoms with Crippen LogP contribution in [0.5, 0.6) is 0 Å². The number of hydrogen-bond acceptors (Lipinski definition) is 4. The quantitative estimate of drug-likeness (QED) is 0.896. The molecule has 19 heavy (non-hydrogen) atoms. The molecular weight excluding hydrogens is 240 g/mol. The largest absolute Gasteiger partial charge is 0.396 e. The molecule has 3 rings (SSSR count). The zero-order chi connectivity index (χ0) is 13.4. The van der Waals surface area contributed by atoms with Gasteiger partial charge in [0.05, 0.1) is 6.04 Å². The van der Waals surface area contributed by atoms with E-state index in [0.29, 0.717) is 18.0 Å². The van der Waals surface area contributed by atoms with Crippen molar-refractivity contribution in [3.63, 3.8) is 0 Å². The van der Waals surface area contributed by atoms with Gasteiger partial charge in [-0.05, 0) is 39.7 Å². The van der Waals surface area contributed by atoms with Gasteiger partial charge in [0, 0.05) is 31.5 Å². The molecular formula is C14H24N4O. The van der Waals surface area contributed by atoms with Crippen molar-refractivity contribution in [1.29, 1.82) is 0 Å². The van der Waals surface area contributed by atoms with Gasteiger partial charge in [-0.1, -0.05) is 0 Å². The van der Waals surface area contributed by atoms with Crippen LogP contribution in [0.15, 0.2) is 0 Å². The van der Waals surface area contributed by atoms with E-state index in [2.05, 4.69) is 33.5 Å². The van der Waals surface area contributed by atoms with Gasteiger partial charge >= 0.3 is 0 Å². The predicted octanol–water partition coefficient (Wildman–Crippen LogP) is 1.38. The molecule has 0 bridgehead atoms. The molecule has 0 spiro atoms. The average Bonchev–Trinajstić information content (AvgIpc) is 3.03. The number of likely N-dealkylation sites (tertiary alicyclic amines) is 1. The average molecular weight is 264 g/mol. The minimum atomic E-state index is 0.273. The van der Waals surface area contributed by atoms with E-state index in [0.717, 1.165) is 37.6 Å². The smallest absolute Gasteiger partial charge is 0.150 e. The van der Waals surface area contributed by atoms with E-state index in [1.165, 1.54) is 12.8 Å². The molecule has 0 aromatic carbocycles. The van der Waals surface area contributed by atoms with Crippen LogP contribution in [0.3, 0.4) is 0 Å². The first-order valence-corrected chi connectivity index (χ1v) is 7.49. The molecule has 2 aliphatic rings. The molecule has 0 radical (unpaired) electrons. The third kappa shape index (κ3) is 2.30. The lowest BCUT2D eigenvalue weighted by molar-refractivity contribution is 0.173. The highest BCUT2D eigenvalue weighted by molar-refractivity contribution is 5.07. The van der Waals surface area contributed by atoms with Gasteiger partial charge in [-0.2, -0.15) is 0 Å². The van der Waals surface area contributed by atoms with Gasteiger partial charge in [0.2, 0.25) is 0 Å². The van der Waals surface area contributed by atoms with Crippen molar-refractivity contribution in [1.82, 2.24) is 19.7 Å². The second kappa shape index (κ2) is 5.21. The number of fused-ring (bicyclic) bond motifs is 1. The third-order valence-corrected chi connectivity index (χ3v) is 4.59. The lowest BCUT2D eigenvalue weighted by Gasteiger charge is -2.30. The Kier molecular flexibility index (Phi) is 3.58. The Labute approximate surface area is 114 Å². The van der Waals surface area contributed by atoms with Crippen molar-refractivity contribution in [3.8, 4) is 0 Å². The molecule has 1 aromatic rings. The molecule has 0 saturated carbocycles. The van der Waals surface area contributed by atoms with E-state index >= 15 is 0 Å². The summed E-state index contributed by atoms with van der Waals surface area (Å²) in [5, 5.41) is 18.2. The predicted molar refractivity (Wildman–Crippen MR) is 72.7 cm³/mol. The molecule has 2 aliphatic heterocycles. The Morgan fingerprint density at radius 1 is 1.32 bits per heavy atom. The summed E-state index contributed by atoms with van der Waals surface area (Å²) in [4.78, 5) is 2.53. The molecule has 106 valence electrons. The fourth-order valence-electron chi connectivity index (χ4n) is 3.50. The van der Waals surface area contributed by atoms with Gasteiger partial charge in [-0.15, -0.1) is 10.2 Å². The standard InChI is InChI=1S/C14H24N4O/c1-10(2)17-7-3-4-12(17)14-16-15-13-6-5-11(9-19)8-18(13)14/h10-12,19H,3-9H2,1-2H3. The minimum Gasteiger partial charge on any atom is -0.396 e. The summed E-state index contributed by atoms with van der Waals surface area (Å²) in [5.74, 6) is 2.60. The second-order valence-corrected chi connectivity index (χ2v) is 6.16. The van der Waals surface area contributed by atoms with E-state index in [9.17, 15) is 5.11 Å². The summed E-state index contributed by atoms with van der Waals surface area (Å²) in [6.07, 6.45) is 4.41. The van der Waals surface area contributed by atoms with E-state index in [-0.39, 0.29) is 6.61 Å². The molecule has 0 amide bonds. The molecule has 0 aliphatic carbocycles. The van der Waals surface area contributed by atoms with Crippen LogP contribution in [-0.2, 0) is 13.0 Å². The van der Waals surface area contributed by atoms with Gasteiger partial charge in [-0.25, -0.2) is 0 Å². The van der Waals surface area contributed by atoms with Gasteiger partial charge in [0.15, 0.2) is 0 Å². The molecule has 5 nitrogen and oxygen atoms in total. The Hall–Kier alpha value is -0.940. The minimum absolute atomic E-state index is 0.273. The molecule has 1 saturated heterocycles. The van der Waals surface area contributed by atoms with Gasteiger partial charge < -0.3 is 9.67 Å². The maximum Gasteiger partial charge on any atom is 0.150 e. The van der Waals surface area contributed by atoms with Crippen LogP contribution < -0.4 is 0 Å². The van der Waals surface area contributed by atoms with Crippen LogP contribution in [-0.4, -0.2) is 44.0 Å². The molecule has 5 heteroatoms. The molecule has 3 heterocycles. The van der Waals surface area contributed by atoms with Gasteiger partial charge in [0.25, 0.3) is 0 Å². The molecule has 2 atom stereocenters. The first kappa shape index (κ1) is 13.1. The SMILES string of the molecule is CC(C)N1CCCC1c1nnc2n1CC(CO)CC2. The van der Waals surface area contributed by atoms with E-state index in [1.807, 2.05) is 0 Å². The zero-order valence-corrected chi connectivity index (χ0v) is 11.9. The summed E-state index contributed by atoms with van der Waals surface area (Å²) in [5.41, 5.74) is 0. The maximum atomic E-state index is 9.39. The summed E-state index contributed by atoms with van der Waals surface area (Å²) in [7, 11) is 0. The highest BCUT2D eigenvalue weighted by atomic mass is 16.3. The number of aliphatic hydroxyl groups excluding tert-OH is 1. The summed E-state index contributed by atoms with van der Waals surface area (Å²) in [6.45, 7) is 6.82. The second-order valence-electron chi connectivity index (χ2n) is 6.16. The number of aromatic nitrogens is 3. The fraction of sp³-hybridized carbons (Fsp3) is 0.857. The fourth-order valence-corrected chi connectivity index (χ4v) is 3.50. The lowest BCUT2D eigenvalue weighted by Crippen LogP contribution is -2.33. The van der Waals surface area contributed by atoms with Crippen molar-refractivity contribution < 1.29 is 5.11 Å². The number of rotatable bonds is 3. The van der Waals surface area contributed by atoms with Crippen LogP contribution in [0, 0.1) is 5.92 Å². The maximum absolute atomic E-state index is 9.39. The first-order chi connectivity index (χ1) is 9.20. The normalized spacial score (nSPS) is 28.0. The summed E-state index contributed by atoms with van der Waals surface area (Å²) >= 11 is 0. The van der Waals surface area contributed by atoms with Crippen molar-refractivity contribution >= 4 is 0 Å². The lowest BCUT2D eigenvalue weighted by atomic mass is 10.00. The Balaban J connectivity index is 1.88. The number of aliphatic hydroxyl groups is 1. The number of nitrogens with zero attached hydrogens (tertiary/aromatic N) is 4. The Morgan fingerprint density at radius 2 is 2.16 bits per heavy atom. The van der Waals surface area contributed by atoms with Crippen LogP contribution in [0.4, 0.5) is 0 Å². The zero-order valence-electron chi connectivity index (χ0n) is 11.9. The Morgan fingerprint density at radius 3 is 2.89 bits per heavy atom. The molecule has 2 unspecified atom stereocenters.